The van der Waals surface area contributed by atoms with Crippen molar-refractivity contribution in [1.82, 2.24) is 20.0 Å². The SMILES string of the molecule is Cn1cc(C2CC(=O)NC23CCN(Cc2cccc(F)c2)CC3)cn1. The summed E-state index contributed by atoms with van der Waals surface area (Å²) < 4.78 is 15.2. The molecule has 1 N–H and O–H groups in total. The number of piperidine rings is 1. The molecule has 0 radical (unpaired) electrons. The second kappa shape index (κ2) is 6.26. The Balaban J connectivity index is 1.46. The standard InChI is InChI=1S/C19H23FN4O/c1-23-13-15(11-21-23)17-10-18(25)22-19(17)5-7-24(8-6-19)12-14-3-2-4-16(20)9-14/h2-4,9,11,13,17H,5-8,10,12H2,1H3,(H,22,25). The number of benzene rings is 1. The number of halogens is 1. The van der Waals surface area contributed by atoms with E-state index in [1.54, 1.807) is 16.8 Å². The van der Waals surface area contributed by atoms with Crippen LogP contribution < -0.4 is 5.32 Å². The second-order valence-electron chi connectivity index (χ2n) is 7.31. The lowest BCUT2D eigenvalue weighted by atomic mass is 9.75. The van der Waals surface area contributed by atoms with Crippen molar-refractivity contribution in [2.75, 3.05) is 13.1 Å². The highest BCUT2D eigenvalue weighted by atomic mass is 19.1. The van der Waals surface area contributed by atoms with E-state index in [1.165, 1.54) is 6.07 Å². The quantitative estimate of drug-likeness (QED) is 0.930. The molecular weight excluding hydrogens is 319 g/mol. The number of nitrogens with zero attached hydrogens (tertiary/aromatic N) is 3. The summed E-state index contributed by atoms with van der Waals surface area (Å²) in [7, 11) is 1.90. The van der Waals surface area contributed by atoms with Crippen molar-refractivity contribution >= 4 is 5.91 Å². The minimum absolute atomic E-state index is 0.132. The van der Waals surface area contributed by atoms with E-state index < -0.39 is 0 Å². The number of aromatic nitrogens is 2. The van der Waals surface area contributed by atoms with Crippen LogP contribution in [0.3, 0.4) is 0 Å². The first-order valence-corrected chi connectivity index (χ1v) is 8.80. The van der Waals surface area contributed by atoms with Gasteiger partial charge < -0.3 is 5.32 Å². The smallest absolute Gasteiger partial charge is 0.221 e. The highest BCUT2D eigenvalue weighted by Crippen LogP contribution is 2.43. The van der Waals surface area contributed by atoms with Gasteiger partial charge in [0.15, 0.2) is 0 Å². The maximum atomic E-state index is 13.4. The number of hydrogen-bond acceptors (Lipinski definition) is 3. The third kappa shape index (κ3) is 3.18. The van der Waals surface area contributed by atoms with Gasteiger partial charge in [-0.05, 0) is 36.1 Å². The fourth-order valence-electron chi connectivity index (χ4n) is 4.33. The number of aryl methyl sites for hydroxylation is 1. The van der Waals surface area contributed by atoms with Gasteiger partial charge in [0, 0.05) is 50.8 Å². The number of nitrogens with one attached hydrogen (secondary N) is 1. The molecule has 4 rings (SSSR count). The Morgan fingerprint density at radius 2 is 2.16 bits per heavy atom. The zero-order valence-corrected chi connectivity index (χ0v) is 14.4. The Bertz CT molecular complexity index is 779. The van der Waals surface area contributed by atoms with E-state index in [1.807, 2.05) is 25.5 Å². The largest absolute Gasteiger partial charge is 0.350 e. The lowest BCUT2D eigenvalue weighted by Crippen LogP contribution is -2.53. The van der Waals surface area contributed by atoms with Crippen molar-refractivity contribution in [2.45, 2.75) is 37.3 Å². The molecular formula is C19H23FN4O. The van der Waals surface area contributed by atoms with Crippen molar-refractivity contribution < 1.29 is 9.18 Å². The van der Waals surface area contributed by atoms with Crippen LogP contribution in [0.2, 0.25) is 0 Å². The number of hydrogen-bond donors (Lipinski definition) is 1. The number of likely N-dealkylation sites (tertiary alicyclic amines) is 1. The molecule has 132 valence electrons. The molecule has 1 aromatic carbocycles. The van der Waals surface area contributed by atoms with Crippen LogP contribution in [0.4, 0.5) is 4.39 Å². The summed E-state index contributed by atoms with van der Waals surface area (Å²) in [6.45, 7) is 2.54. The van der Waals surface area contributed by atoms with Crippen molar-refractivity contribution in [3.8, 4) is 0 Å². The monoisotopic (exact) mass is 342 g/mol. The summed E-state index contributed by atoms with van der Waals surface area (Å²) in [5.41, 5.74) is 1.97. The van der Waals surface area contributed by atoms with Crippen LogP contribution in [0.15, 0.2) is 36.7 Å². The Morgan fingerprint density at radius 3 is 2.84 bits per heavy atom. The zero-order valence-electron chi connectivity index (χ0n) is 14.4. The van der Waals surface area contributed by atoms with Gasteiger partial charge in [0.05, 0.1) is 6.20 Å². The van der Waals surface area contributed by atoms with Crippen LogP contribution in [0.5, 0.6) is 0 Å². The van der Waals surface area contributed by atoms with Crippen molar-refractivity contribution in [3.05, 3.63) is 53.6 Å². The van der Waals surface area contributed by atoms with Gasteiger partial charge >= 0.3 is 0 Å². The normalized spacial score (nSPS) is 23.1. The van der Waals surface area contributed by atoms with Gasteiger partial charge in [-0.15, -0.1) is 0 Å². The first-order chi connectivity index (χ1) is 12.0. The van der Waals surface area contributed by atoms with E-state index in [2.05, 4.69) is 15.3 Å². The molecule has 1 unspecified atom stereocenters. The van der Waals surface area contributed by atoms with Crippen LogP contribution in [-0.2, 0) is 18.4 Å². The molecule has 2 aliphatic rings. The van der Waals surface area contributed by atoms with Gasteiger partial charge in [0.2, 0.25) is 5.91 Å². The molecule has 1 amide bonds. The molecule has 3 heterocycles. The molecule has 1 atom stereocenters. The molecule has 2 fully saturated rings. The van der Waals surface area contributed by atoms with Crippen LogP contribution >= 0.6 is 0 Å². The molecule has 1 aromatic heterocycles. The lowest BCUT2D eigenvalue weighted by molar-refractivity contribution is -0.120. The number of carbonyl (C=O) groups excluding carboxylic acids is 1. The highest BCUT2D eigenvalue weighted by Gasteiger charge is 2.48. The average Bonchev–Trinajstić information content (AvgIpc) is 3.13. The topological polar surface area (TPSA) is 50.2 Å². The second-order valence-corrected chi connectivity index (χ2v) is 7.31. The molecule has 0 bridgehead atoms. The van der Waals surface area contributed by atoms with Gasteiger partial charge in [0.1, 0.15) is 5.82 Å². The molecule has 0 aliphatic carbocycles. The highest BCUT2D eigenvalue weighted by molar-refractivity contribution is 5.81. The van der Waals surface area contributed by atoms with E-state index in [4.69, 9.17) is 0 Å². The zero-order chi connectivity index (χ0) is 17.4. The molecule has 2 aliphatic heterocycles. The minimum Gasteiger partial charge on any atom is -0.350 e. The van der Waals surface area contributed by atoms with Gasteiger partial charge in [0.25, 0.3) is 0 Å². The van der Waals surface area contributed by atoms with Gasteiger partial charge in [-0.2, -0.15) is 5.10 Å². The first-order valence-electron chi connectivity index (χ1n) is 8.80. The van der Waals surface area contributed by atoms with Gasteiger partial charge in [-0.1, -0.05) is 12.1 Å². The van der Waals surface area contributed by atoms with E-state index in [9.17, 15) is 9.18 Å². The molecule has 6 heteroatoms. The maximum Gasteiger partial charge on any atom is 0.221 e. The average molecular weight is 342 g/mol. The van der Waals surface area contributed by atoms with E-state index in [-0.39, 0.29) is 23.2 Å². The summed E-state index contributed by atoms with van der Waals surface area (Å²) in [5, 5.41) is 7.53. The number of rotatable bonds is 3. The summed E-state index contributed by atoms with van der Waals surface area (Å²) >= 11 is 0. The van der Waals surface area contributed by atoms with Crippen molar-refractivity contribution in [2.24, 2.45) is 7.05 Å². The predicted molar refractivity (Wildman–Crippen MR) is 92.4 cm³/mol. The molecule has 1 spiro atoms. The van der Waals surface area contributed by atoms with E-state index in [0.717, 1.165) is 43.6 Å². The summed E-state index contributed by atoms with van der Waals surface area (Å²) in [6, 6.07) is 6.79. The third-order valence-electron chi connectivity index (χ3n) is 5.62. The molecule has 0 saturated carbocycles. The van der Waals surface area contributed by atoms with E-state index in [0.29, 0.717) is 6.42 Å². The minimum atomic E-state index is -0.189. The Morgan fingerprint density at radius 1 is 1.36 bits per heavy atom. The molecule has 2 aromatic rings. The van der Waals surface area contributed by atoms with Gasteiger partial charge in [-0.25, -0.2) is 4.39 Å². The van der Waals surface area contributed by atoms with Crippen LogP contribution in [-0.4, -0.2) is 39.2 Å². The Hall–Kier alpha value is -2.21. The predicted octanol–water partition coefficient (Wildman–Crippen LogP) is 2.20. The molecule has 5 nitrogen and oxygen atoms in total. The Kier molecular flexibility index (Phi) is 4.07. The van der Waals surface area contributed by atoms with Crippen molar-refractivity contribution in [3.63, 3.8) is 0 Å². The third-order valence-corrected chi connectivity index (χ3v) is 5.62. The fraction of sp³-hybridized carbons (Fsp3) is 0.474. The molecule has 25 heavy (non-hydrogen) atoms. The number of carbonyl (C=O) groups is 1. The van der Waals surface area contributed by atoms with Crippen LogP contribution in [0.25, 0.3) is 0 Å². The molecule has 2 saturated heterocycles. The van der Waals surface area contributed by atoms with Crippen molar-refractivity contribution in [1.29, 1.82) is 0 Å². The van der Waals surface area contributed by atoms with Crippen LogP contribution in [0.1, 0.15) is 36.3 Å². The Labute approximate surface area is 146 Å². The maximum absolute atomic E-state index is 13.4. The van der Waals surface area contributed by atoms with Crippen LogP contribution in [0, 0.1) is 5.82 Å². The first kappa shape index (κ1) is 16.3. The summed E-state index contributed by atoms with van der Waals surface area (Å²) in [4.78, 5) is 14.5. The van der Waals surface area contributed by atoms with Gasteiger partial charge in [-0.3, -0.25) is 14.4 Å². The summed E-state index contributed by atoms with van der Waals surface area (Å²) in [6.07, 6.45) is 6.26. The van der Waals surface area contributed by atoms with E-state index >= 15 is 0 Å². The fourth-order valence-corrected chi connectivity index (χ4v) is 4.33. The number of amides is 1. The lowest BCUT2D eigenvalue weighted by Gasteiger charge is -2.42. The summed E-state index contributed by atoms with van der Waals surface area (Å²) in [5.74, 6) is 0.128.